The maximum Gasteiger partial charge on any atom is 0.251 e. The van der Waals surface area contributed by atoms with Gasteiger partial charge >= 0.3 is 0 Å². The van der Waals surface area contributed by atoms with Crippen molar-refractivity contribution in [3.63, 3.8) is 0 Å². The van der Waals surface area contributed by atoms with E-state index in [-0.39, 0.29) is 12.7 Å². The van der Waals surface area contributed by atoms with Crippen molar-refractivity contribution in [1.82, 2.24) is 15.2 Å². The van der Waals surface area contributed by atoms with E-state index in [0.717, 1.165) is 49.9 Å². The van der Waals surface area contributed by atoms with E-state index >= 15 is 0 Å². The Morgan fingerprint density at radius 1 is 1.11 bits per heavy atom. The number of carbonyl (C=O) groups excluding carboxylic acids is 1. The molecule has 0 bridgehead atoms. The van der Waals surface area contributed by atoms with Crippen LogP contribution in [-0.4, -0.2) is 62.0 Å². The zero-order valence-corrected chi connectivity index (χ0v) is 15.6. The third-order valence-electron chi connectivity index (χ3n) is 4.75. The van der Waals surface area contributed by atoms with E-state index in [0.29, 0.717) is 24.5 Å². The average molecular weight is 384 g/mol. The van der Waals surface area contributed by atoms with Crippen LogP contribution in [0.3, 0.4) is 0 Å². The maximum absolute atomic E-state index is 12.4. The lowest BCUT2D eigenvalue weighted by molar-refractivity contribution is 0.0383. The SMILES string of the molecule is O=C(NCCN1CCOCC1)c1ccnc(NCc2ccc3c(c2)OCO3)c1. The van der Waals surface area contributed by atoms with Gasteiger partial charge in [0.05, 0.1) is 13.2 Å². The first-order chi connectivity index (χ1) is 13.8. The van der Waals surface area contributed by atoms with Crippen LogP contribution < -0.4 is 20.1 Å². The Hall–Kier alpha value is -2.84. The van der Waals surface area contributed by atoms with E-state index in [1.54, 1.807) is 18.3 Å². The van der Waals surface area contributed by atoms with Crippen molar-refractivity contribution in [2.45, 2.75) is 6.54 Å². The number of nitrogens with zero attached hydrogens (tertiary/aromatic N) is 2. The number of amides is 1. The van der Waals surface area contributed by atoms with E-state index in [1.807, 2.05) is 18.2 Å². The van der Waals surface area contributed by atoms with Crippen molar-refractivity contribution in [1.29, 1.82) is 0 Å². The molecule has 2 aliphatic rings. The summed E-state index contributed by atoms with van der Waals surface area (Å²) in [6.07, 6.45) is 1.64. The van der Waals surface area contributed by atoms with Gasteiger partial charge in [-0.1, -0.05) is 6.07 Å². The maximum atomic E-state index is 12.4. The molecule has 148 valence electrons. The minimum absolute atomic E-state index is 0.0956. The fraction of sp³-hybridized carbons (Fsp3) is 0.400. The molecule has 1 saturated heterocycles. The number of nitrogens with one attached hydrogen (secondary N) is 2. The van der Waals surface area contributed by atoms with Gasteiger partial charge in [-0.05, 0) is 29.8 Å². The summed E-state index contributed by atoms with van der Waals surface area (Å²) in [5.74, 6) is 2.07. The third kappa shape index (κ3) is 4.71. The molecule has 0 aliphatic carbocycles. The molecule has 0 spiro atoms. The van der Waals surface area contributed by atoms with Crippen LogP contribution in [0, 0.1) is 0 Å². The van der Waals surface area contributed by atoms with Gasteiger partial charge in [0.15, 0.2) is 11.5 Å². The molecular weight excluding hydrogens is 360 g/mol. The molecule has 0 unspecified atom stereocenters. The van der Waals surface area contributed by atoms with Crippen LogP contribution in [0.2, 0.25) is 0 Å². The first kappa shape index (κ1) is 18.5. The summed E-state index contributed by atoms with van der Waals surface area (Å²) >= 11 is 0. The lowest BCUT2D eigenvalue weighted by Gasteiger charge is -2.26. The number of aromatic nitrogens is 1. The van der Waals surface area contributed by atoms with Crippen LogP contribution in [-0.2, 0) is 11.3 Å². The van der Waals surface area contributed by atoms with Gasteiger partial charge in [-0.25, -0.2) is 4.98 Å². The Bertz CT molecular complexity index is 824. The highest BCUT2D eigenvalue weighted by molar-refractivity contribution is 5.94. The molecule has 28 heavy (non-hydrogen) atoms. The Balaban J connectivity index is 1.28. The predicted octanol–water partition coefficient (Wildman–Crippen LogP) is 1.48. The number of benzene rings is 1. The van der Waals surface area contributed by atoms with Gasteiger partial charge < -0.3 is 24.8 Å². The molecule has 1 aromatic carbocycles. The van der Waals surface area contributed by atoms with Gasteiger partial charge in [0, 0.05) is 44.5 Å². The summed E-state index contributed by atoms with van der Waals surface area (Å²) in [6.45, 7) is 5.63. The first-order valence-corrected chi connectivity index (χ1v) is 9.45. The highest BCUT2D eigenvalue weighted by atomic mass is 16.7. The number of hydrogen-bond donors (Lipinski definition) is 2. The normalized spacial score (nSPS) is 16.0. The fourth-order valence-corrected chi connectivity index (χ4v) is 3.17. The van der Waals surface area contributed by atoms with Gasteiger partial charge in [0.2, 0.25) is 6.79 Å². The van der Waals surface area contributed by atoms with Crippen LogP contribution in [0.5, 0.6) is 11.5 Å². The fourth-order valence-electron chi connectivity index (χ4n) is 3.17. The largest absolute Gasteiger partial charge is 0.454 e. The minimum atomic E-state index is -0.0956. The zero-order valence-electron chi connectivity index (χ0n) is 15.6. The van der Waals surface area contributed by atoms with Gasteiger partial charge in [-0.15, -0.1) is 0 Å². The lowest BCUT2D eigenvalue weighted by Crippen LogP contribution is -2.41. The zero-order chi connectivity index (χ0) is 19.2. The van der Waals surface area contributed by atoms with Crippen LogP contribution in [0.1, 0.15) is 15.9 Å². The third-order valence-corrected chi connectivity index (χ3v) is 4.75. The second kappa shape index (κ2) is 8.90. The number of ether oxygens (including phenoxy) is 3. The molecule has 4 rings (SSSR count). The number of fused-ring (bicyclic) bond motifs is 1. The Morgan fingerprint density at radius 2 is 1.96 bits per heavy atom. The van der Waals surface area contributed by atoms with Gasteiger partial charge in [0.25, 0.3) is 5.91 Å². The average Bonchev–Trinajstić information content (AvgIpc) is 3.21. The van der Waals surface area contributed by atoms with E-state index in [2.05, 4.69) is 20.5 Å². The molecule has 1 fully saturated rings. The highest BCUT2D eigenvalue weighted by Crippen LogP contribution is 2.32. The highest BCUT2D eigenvalue weighted by Gasteiger charge is 2.14. The van der Waals surface area contributed by atoms with Gasteiger partial charge in [0.1, 0.15) is 5.82 Å². The standard InChI is InChI=1S/C20H24N4O4/c25-20(22-5-6-24-7-9-26-10-8-24)16-3-4-21-19(12-16)23-13-15-1-2-17-18(11-15)28-14-27-17/h1-4,11-12H,5-10,13-14H2,(H,21,23)(H,22,25). The molecule has 2 aliphatic heterocycles. The van der Waals surface area contributed by atoms with E-state index in [4.69, 9.17) is 14.2 Å². The Kier molecular flexibility index (Phi) is 5.89. The molecule has 1 aromatic heterocycles. The summed E-state index contributed by atoms with van der Waals surface area (Å²) in [5, 5.41) is 6.21. The van der Waals surface area contributed by atoms with Crippen molar-refractivity contribution in [2.75, 3.05) is 51.5 Å². The predicted molar refractivity (Wildman–Crippen MR) is 104 cm³/mol. The van der Waals surface area contributed by atoms with Crippen molar-refractivity contribution >= 4 is 11.7 Å². The number of morpholine rings is 1. The molecule has 0 atom stereocenters. The van der Waals surface area contributed by atoms with Crippen LogP contribution in [0.15, 0.2) is 36.5 Å². The monoisotopic (exact) mass is 384 g/mol. The molecule has 1 amide bonds. The molecule has 0 saturated carbocycles. The summed E-state index contributed by atoms with van der Waals surface area (Å²) < 4.78 is 16.0. The second-order valence-corrected chi connectivity index (χ2v) is 6.68. The summed E-state index contributed by atoms with van der Waals surface area (Å²) in [4.78, 5) is 19.0. The topological polar surface area (TPSA) is 85.0 Å². The summed E-state index contributed by atoms with van der Waals surface area (Å²) in [7, 11) is 0. The lowest BCUT2D eigenvalue weighted by atomic mass is 10.2. The Labute approximate surface area is 163 Å². The number of rotatable bonds is 7. The van der Waals surface area contributed by atoms with Crippen LogP contribution >= 0.6 is 0 Å². The molecule has 0 radical (unpaired) electrons. The van der Waals surface area contributed by atoms with Crippen molar-refractivity contribution in [3.8, 4) is 11.5 Å². The molecule has 8 nitrogen and oxygen atoms in total. The molecular formula is C20H24N4O4. The molecule has 2 N–H and O–H groups in total. The Morgan fingerprint density at radius 3 is 2.86 bits per heavy atom. The number of pyridine rings is 1. The summed E-state index contributed by atoms with van der Waals surface area (Å²) in [5.41, 5.74) is 1.64. The second-order valence-electron chi connectivity index (χ2n) is 6.68. The smallest absolute Gasteiger partial charge is 0.251 e. The van der Waals surface area contributed by atoms with Crippen LogP contribution in [0.4, 0.5) is 5.82 Å². The van der Waals surface area contributed by atoms with Crippen LogP contribution in [0.25, 0.3) is 0 Å². The number of carbonyl (C=O) groups is 1. The van der Waals surface area contributed by atoms with E-state index in [1.165, 1.54) is 0 Å². The van der Waals surface area contributed by atoms with E-state index in [9.17, 15) is 4.79 Å². The minimum Gasteiger partial charge on any atom is -0.454 e. The first-order valence-electron chi connectivity index (χ1n) is 9.45. The van der Waals surface area contributed by atoms with Crippen molar-refractivity contribution < 1.29 is 19.0 Å². The van der Waals surface area contributed by atoms with Gasteiger partial charge in [-0.2, -0.15) is 0 Å². The van der Waals surface area contributed by atoms with Gasteiger partial charge in [-0.3, -0.25) is 9.69 Å². The molecule has 8 heteroatoms. The molecule has 3 heterocycles. The van der Waals surface area contributed by atoms with E-state index < -0.39 is 0 Å². The molecule has 2 aromatic rings. The number of hydrogen-bond acceptors (Lipinski definition) is 7. The number of anilines is 1. The quantitative estimate of drug-likeness (QED) is 0.748. The van der Waals surface area contributed by atoms with Crippen molar-refractivity contribution in [3.05, 3.63) is 47.7 Å². The summed E-state index contributed by atoms with van der Waals surface area (Å²) in [6, 6.07) is 9.29. The van der Waals surface area contributed by atoms with Crippen molar-refractivity contribution in [2.24, 2.45) is 0 Å².